The van der Waals surface area contributed by atoms with E-state index in [2.05, 4.69) is 5.43 Å². The van der Waals surface area contributed by atoms with Crippen molar-refractivity contribution in [3.8, 4) is 0 Å². The number of hydrogen-bond donors (Lipinski definition) is 2. The molecule has 5 heteroatoms. The number of hydrogen-bond acceptors (Lipinski definition) is 3. The number of alkyl halides is 2. The molecule has 3 N–H and O–H groups in total. The van der Waals surface area contributed by atoms with Gasteiger partial charge in [0.15, 0.2) is 0 Å². The molecule has 0 spiro atoms. The normalized spacial score (nSPS) is 22.5. The van der Waals surface area contributed by atoms with Gasteiger partial charge in [-0.2, -0.15) is 0 Å². The molecule has 3 nitrogen and oxygen atoms in total. The van der Waals surface area contributed by atoms with Crippen molar-refractivity contribution in [3.05, 3.63) is 24.2 Å². The van der Waals surface area contributed by atoms with E-state index in [1.807, 2.05) is 6.07 Å². The summed E-state index contributed by atoms with van der Waals surface area (Å²) < 4.78 is 31.1. The van der Waals surface area contributed by atoms with Gasteiger partial charge in [-0.1, -0.05) is 0 Å². The Labute approximate surface area is 99.3 Å². The smallest absolute Gasteiger partial charge is 0.248 e. The van der Waals surface area contributed by atoms with Crippen molar-refractivity contribution in [2.75, 3.05) is 0 Å². The van der Waals surface area contributed by atoms with E-state index in [0.29, 0.717) is 12.8 Å². The molecule has 96 valence electrons. The van der Waals surface area contributed by atoms with Crippen molar-refractivity contribution in [2.24, 2.45) is 11.8 Å². The zero-order chi connectivity index (χ0) is 12.3. The first-order valence-electron chi connectivity index (χ1n) is 5.96. The number of nitrogens with one attached hydrogen (secondary N) is 1. The number of rotatable bonds is 4. The largest absolute Gasteiger partial charge is 0.472 e. The second-order valence-electron chi connectivity index (χ2n) is 4.80. The van der Waals surface area contributed by atoms with Crippen LogP contribution in [-0.2, 0) is 6.42 Å². The van der Waals surface area contributed by atoms with E-state index >= 15 is 0 Å². The lowest BCUT2D eigenvalue weighted by atomic mass is 9.80. The first-order valence-corrected chi connectivity index (χ1v) is 5.96. The van der Waals surface area contributed by atoms with Crippen LogP contribution in [-0.4, -0.2) is 12.0 Å². The Kier molecular flexibility index (Phi) is 3.79. The molecule has 0 radical (unpaired) electrons. The molecule has 2 rings (SSSR count). The molecular formula is C12H18F2N2O. The molecular weight excluding hydrogens is 226 g/mol. The highest BCUT2D eigenvalue weighted by atomic mass is 19.3. The summed E-state index contributed by atoms with van der Waals surface area (Å²) in [5.74, 6) is 3.26. The highest BCUT2D eigenvalue weighted by molar-refractivity contribution is 5.08. The Morgan fingerprint density at radius 2 is 2.18 bits per heavy atom. The van der Waals surface area contributed by atoms with Gasteiger partial charge >= 0.3 is 0 Å². The van der Waals surface area contributed by atoms with Gasteiger partial charge in [0, 0.05) is 18.9 Å². The van der Waals surface area contributed by atoms with Crippen LogP contribution in [0.5, 0.6) is 0 Å². The zero-order valence-corrected chi connectivity index (χ0v) is 9.66. The van der Waals surface area contributed by atoms with Crippen molar-refractivity contribution in [2.45, 2.75) is 44.1 Å². The topological polar surface area (TPSA) is 51.2 Å². The lowest BCUT2D eigenvalue weighted by Crippen LogP contribution is -2.44. The number of hydrazine groups is 1. The number of furan rings is 1. The van der Waals surface area contributed by atoms with Gasteiger partial charge in [-0.05, 0) is 36.8 Å². The fourth-order valence-electron chi connectivity index (χ4n) is 2.49. The molecule has 1 unspecified atom stereocenters. The lowest BCUT2D eigenvalue weighted by molar-refractivity contribution is -0.0495. The van der Waals surface area contributed by atoms with E-state index in [1.165, 1.54) is 0 Å². The average molecular weight is 244 g/mol. The molecule has 1 fully saturated rings. The molecule has 0 aliphatic heterocycles. The van der Waals surface area contributed by atoms with Gasteiger partial charge in [0.2, 0.25) is 5.92 Å². The van der Waals surface area contributed by atoms with Crippen LogP contribution >= 0.6 is 0 Å². The summed E-state index contributed by atoms with van der Waals surface area (Å²) in [4.78, 5) is 0. The van der Waals surface area contributed by atoms with E-state index in [4.69, 9.17) is 10.3 Å². The second-order valence-corrected chi connectivity index (χ2v) is 4.80. The van der Waals surface area contributed by atoms with Crippen LogP contribution in [0.25, 0.3) is 0 Å². The van der Waals surface area contributed by atoms with Crippen molar-refractivity contribution < 1.29 is 13.2 Å². The molecule has 0 saturated heterocycles. The molecule has 1 aromatic heterocycles. The summed E-state index contributed by atoms with van der Waals surface area (Å²) in [5.41, 5.74) is 3.80. The summed E-state index contributed by atoms with van der Waals surface area (Å²) >= 11 is 0. The lowest BCUT2D eigenvalue weighted by Gasteiger charge is -2.33. The first kappa shape index (κ1) is 12.5. The van der Waals surface area contributed by atoms with Crippen molar-refractivity contribution in [1.29, 1.82) is 0 Å². The highest BCUT2D eigenvalue weighted by Gasteiger charge is 2.37. The fraction of sp³-hybridized carbons (Fsp3) is 0.667. The predicted molar refractivity (Wildman–Crippen MR) is 60.4 cm³/mol. The molecule has 17 heavy (non-hydrogen) atoms. The predicted octanol–water partition coefficient (Wildman–Crippen LogP) is 2.48. The van der Waals surface area contributed by atoms with E-state index in [1.54, 1.807) is 12.5 Å². The SMILES string of the molecule is NNC(Cc1ccoc1)C1CCC(F)(F)CC1. The fourth-order valence-corrected chi connectivity index (χ4v) is 2.49. The Bertz CT molecular complexity index is 330. The van der Waals surface area contributed by atoms with Gasteiger partial charge in [0.1, 0.15) is 0 Å². The molecule has 1 atom stereocenters. The Morgan fingerprint density at radius 1 is 1.47 bits per heavy atom. The first-order chi connectivity index (χ1) is 8.11. The van der Waals surface area contributed by atoms with Gasteiger partial charge in [-0.25, -0.2) is 8.78 Å². The van der Waals surface area contributed by atoms with Gasteiger partial charge in [-0.15, -0.1) is 0 Å². The third-order valence-corrected chi connectivity index (χ3v) is 3.58. The third kappa shape index (κ3) is 3.26. The van der Waals surface area contributed by atoms with Crippen molar-refractivity contribution in [1.82, 2.24) is 5.43 Å². The van der Waals surface area contributed by atoms with Crippen LogP contribution in [0.3, 0.4) is 0 Å². The molecule has 1 heterocycles. The number of halogens is 2. The molecule has 0 bridgehead atoms. The maximum atomic E-state index is 13.1. The monoisotopic (exact) mass is 244 g/mol. The molecule has 0 amide bonds. The zero-order valence-electron chi connectivity index (χ0n) is 9.66. The summed E-state index contributed by atoms with van der Waals surface area (Å²) in [7, 11) is 0. The Hall–Kier alpha value is -0.940. The van der Waals surface area contributed by atoms with E-state index in [9.17, 15) is 8.78 Å². The minimum absolute atomic E-state index is 0.0266. The molecule has 1 aliphatic rings. The summed E-state index contributed by atoms with van der Waals surface area (Å²) in [5, 5.41) is 0. The van der Waals surface area contributed by atoms with Crippen LogP contribution < -0.4 is 11.3 Å². The van der Waals surface area contributed by atoms with Crippen LogP contribution in [0.15, 0.2) is 23.0 Å². The van der Waals surface area contributed by atoms with E-state index in [0.717, 1.165) is 12.0 Å². The van der Waals surface area contributed by atoms with Gasteiger partial charge < -0.3 is 4.42 Å². The average Bonchev–Trinajstić information content (AvgIpc) is 2.79. The second kappa shape index (κ2) is 5.14. The summed E-state index contributed by atoms with van der Waals surface area (Å²) in [6.45, 7) is 0. The minimum Gasteiger partial charge on any atom is -0.472 e. The van der Waals surface area contributed by atoms with Crippen molar-refractivity contribution in [3.63, 3.8) is 0 Å². The van der Waals surface area contributed by atoms with Gasteiger partial charge in [0.25, 0.3) is 0 Å². The van der Waals surface area contributed by atoms with Crippen LogP contribution in [0, 0.1) is 5.92 Å². The van der Waals surface area contributed by atoms with E-state index < -0.39 is 5.92 Å². The third-order valence-electron chi connectivity index (χ3n) is 3.58. The minimum atomic E-state index is -2.48. The Balaban J connectivity index is 1.91. The summed E-state index contributed by atoms with van der Waals surface area (Å²) in [6.07, 6.45) is 5.00. The maximum Gasteiger partial charge on any atom is 0.248 e. The summed E-state index contributed by atoms with van der Waals surface area (Å²) in [6, 6.07) is 1.92. The maximum absolute atomic E-state index is 13.1. The quantitative estimate of drug-likeness (QED) is 0.632. The van der Waals surface area contributed by atoms with E-state index in [-0.39, 0.29) is 24.8 Å². The highest BCUT2D eigenvalue weighted by Crippen LogP contribution is 2.37. The van der Waals surface area contributed by atoms with Crippen LogP contribution in [0.1, 0.15) is 31.2 Å². The molecule has 1 aromatic rings. The molecule has 1 aliphatic carbocycles. The number of nitrogens with two attached hydrogens (primary N) is 1. The molecule has 0 aromatic carbocycles. The van der Waals surface area contributed by atoms with Gasteiger partial charge in [0.05, 0.1) is 12.5 Å². The van der Waals surface area contributed by atoms with Crippen LogP contribution in [0.2, 0.25) is 0 Å². The Morgan fingerprint density at radius 3 is 2.71 bits per heavy atom. The van der Waals surface area contributed by atoms with Crippen molar-refractivity contribution >= 4 is 0 Å². The standard InChI is InChI=1S/C12H18F2N2O/c13-12(14)4-1-10(2-5-12)11(16-15)7-9-3-6-17-8-9/h3,6,8,10-11,16H,1-2,4-5,7,15H2. The van der Waals surface area contributed by atoms with Crippen LogP contribution in [0.4, 0.5) is 8.78 Å². The molecule has 1 saturated carbocycles. The van der Waals surface area contributed by atoms with Gasteiger partial charge in [-0.3, -0.25) is 11.3 Å².